The number of carbonyl (C=O) groups is 1. The first kappa shape index (κ1) is 20.3. The van der Waals surface area contributed by atoms with E-state index >= 15 is 0 Å². The number of pyridine rings is 1. The van der Waals surface area contributed by atoms with Gasteiger partial charge in [-0.3, -0.25) is 4.79 Å². The van der Waals surface area contributed by atoms with Gasteiger partial charge in [0.2, 0.25) is 11.8 Å². The van der Waals surface area contributed by atoms with Gasteiger partial charge in [0, 0.05) is 11.8 Å². The van der Waals surface area contributed by atoms with E-state index in [1.807, 2.05) is 0 Å². The zero-order valence-electron chi connectivity index (χ0n) is 14.0. The predicted molar refractivity (Wildman–Crippen MR) is 97.8 cm³/mol. The number of aromatic nitrogens is 1. The summed E-state index contributed by atoms with van der Waals surface area (Å²) >= 11 is 12.2. The fraction of sp³-hybridized carbons (Fsp3) is 0.250. The number of sulfone groups is 1. The van der Waals surface area contributed by atoms with E-state index in [0.29, 0.717) is 10.6 Å². The average molecular weight is 419 g/mol. The summed E-state index contributed by atoms with van der Waals surface area (Å²) in [4.78, 5) is 15.2. The summed E-state index contributed by atoms with van der Waals surface area (Å²) in [5, 5.41) is 0.105. The van der Waals surface area contributed by atoms with E-state index in [1.54, 1.807) is 6.07 Å². The van der Waals surface area contributed by atoms with Crippen molar-refractivity contribution in [1.82, 2.24) is 4.98 Å². The van der Waals surface area contributed by atoms with Crippen LogP contribution in [0, 0.1) is 0 Å². The molecule has 140 valence electrons. The third-order valence-electron chi connectivity index (χ3n) is 3.47. The first-order chi connectivity index (χ1) is 12.2. The molecule has 2 N–H and O–H groups in total. The maximum atomic E-state index is 12.3. The molecule has 7 nitrogen and oxygen atoms in total. The van der Waals surface area contributed by atoms with Gasteiger partial charge in [-0.1, -0.05) is 30.1 Å². The molecule has 0 aliphatic carbocycles. The third-order valence-corrected chi connectivity index (χ3v) is 6.03. The summed E-state index contributed by atoms with van der Waals surface area (Å²) in [6.07, 6.45) is 1.50. The fourth-order valence-electron chi connectivity index (χ4n) is 2.15. The molecule has 0 radical (unpaired) electrons. The molecule has 2 rings (SSSR count). The molecule has 0 spiro atoms. The smallest absolute Gasteiger partial charge is 0.250 e. The van der Waals surface area contributed by atoms with Gasteiger partial charge in [0.15, 0.2) is 9.84 Å². The lowest BCUT2D eigenvalue weighted by molar-refractivity contribution is 0.0997. The van der Waals surface area contributed by atoms with Crippen molar-refractivity contribution in [3.05, 3.63) is 45.6 Å². The van der Waals surface area contributed by atoms with E-state index in [0.717, 1.165) is 0 Å². The van der Waals surface area contributed by atoms with E-state index in [2.05, 4.69) is 4.98 Å². The minimum absolute atomic E-state index is 0.0258. The minimum Gasteiger partial charge on any atom is -0.487 e. The monoisotopic (exact) mass is 418 g/mol. The molecule has 0 atom stereocenters. The lowest BCUT2D eigenvalue weighted by Crippen LogP contribution is -2.18. The second-order valence-electron chi connectivity index (χ2n) is 5.15. The van der Waals surface area contributed by atoms with Crippen molar-refractivity contribution in [3.8, 4) is 11.6 Å². The molecule has 1 aromatic heterocycles. The maximum absolute atomic E-state index is 12.3. The van der Waals surface area contributed by atoms with Crippen molar-refractivity contribution in [2.75, 3.05) is 12.9 Å². The highest BCUT2D eigenvalue weighted by Crippen LogP contribution is 2.35. The second-order valence-corrected chi connectivity index (χ2v) is 8.15. The van der Waals surface area contributed by atoms with Crippen LogP contribution in [0.3, 0.4) is 0 Å². The number of amides is 1. The van der Waals surface area contributed by atoms with Gasteiger partial charge in [0.05, 0.1) is 18.4 Å². The Balaban J connectivity index is 2.38. The number of benzene rings is 1. The highest BCUT2D eigenvalue weighted by atomic mass is 35.5. The molecule has 10 heteroatoms. The number of halogens is 2. The first-order valence-corrected chi connectivity index (χ1v) is 9.78. The van der Waals surface area contributed by atoms with Gasteiger partial charge in [-0.25, -0.2) is 13.4 Å². The van der Waals surface area contributed by atoms with Crippen LogP contribution in [0.2, 0.25) is 10.0 Å². The van der Waals surface area contributed by atoms with E-state index in [4.69, 9.17) is 38.4 Å². The molecular weight excluding hydrogens is 403 g/mol. The van der Waals surface area contributed by atoms with Crippen LogP contribution in [0.5, 0.6) is 11.6 Å². The van der Waals surface area contributed by atoms with Crippen LogP contribution in [-0.2, 0) is 16.4 Å². The number of ether oxygens (including phenoxy) is 2. The van der Waals surface area contributed by atoms with Crippen LogP contribution >= 0.6 is 23.2 Å². The van der Waals surface area contributed by atoms with E-state index in [1.165, 1.54) is 32.4 Å². The second kappa shape index (κ2) is 8.11. The van der Waals surface area contributed by atoms with Gasteiger partial charge in [0.1, 0.15) is 27.3 Å². The summed E-state index contributed by atoms with van der Waals surface area (Å²) in [7, 11) is -2.34. The fourth-order valence-corrected chi connectivity index (χ4v) is 4.15. The van der Waals surface area contributed by atoms with Crippen LogP contribution in [0.1, 0.15) is 22.8 Å². The molecular formula is C16H16Cl2N2O5S. The molecule has 1 heterocycles. The summed E-state index contributed by atoms with van der Waals surface area (Å²) in [5.41, 5.74) is 5.69. The summed E-state index contributed by atoms with van der Waals surface area (Å²) < 4.78 is 35.1. The van der Waals surface area contributed by atoms with Crippen molar-refractivity contribution in [2.24, 2.45) is 5.73 Å². The standard InChI is InChI=1S/C16H16Cl2N2O5S/c1-3-26(22,23)14-10(15(19)21)4-5-12(13(14)18)25-8-9-6-11(17)16(24-2)20-7-9/h4-7H,3,8H2,1-2H3,(H2,19,21). The van der Waals surface area contributed by atoms with Gasteiger partial charge in [-0.15, -0.1) is 0 Å². The van der Waals surface area contributed by atoms with Gasteiger partial charge in [0.25, 0.3) is 0 Å². The van der Waals surface area contributed by atoms with Crippen LogP contribution in [0.15, 0.2) is 29.3 Å². The largest absolute Gasteiger partial charge is 0.487 e. The number of nitrogens with two attached hydrogens (primary N) is 1. The van der Waals surface area contributed by atoms with Gasteiger partial charge >= 0.3 is 0 Å². The lowest BCUT2D eigenvalue weighted by atomic mass is 10.2. The van der Waals surface area contributed by atoms with Crippen LogP contribution < -0.4 is 15.2 Å². The van der Waals surface area contributed by atoms with Crippen molar-refractivity contribution in [1.29, 1.82) is 0 Å². The van der Waals surface area contributed by atoms with Crippen molar-refractivity contribution in [2.45, 2.75) is 18.4 Å². The van der Waals surface area contributed by atoms with Gasteiger partial charge in [-0.05, 0) is 18.2 Å². The molecule has 1 aromatic carbocycles. The molecule has 1 amide bonds. The van der Waals surface area contributed by atoms with Gasteiger partial charge < -0.3 is 15.2 Å². The number of hydrogen-bond donors (Lipinski definition) is 1. The Labute approximate surface area is 160 Å². The number of nitrogens with zero attached hydrogens (tertiary/aromatic N) is 1. The molecule has 0 unspecified atom stereocenters. The number of carbonyl (C=O) groups excluding carboxylic acids is 1. The van der Waals surface area contributed by atoms with E-state index < -0.39 is 15.7 Å². The number of methoxy groups -OCH3 is 1. The Bertz CT molecular complexity index is 948. The molecule has 26 heavy (non-hydrogen) atoms. The molecule has 0 bridgehead atoms. The zero-order valence-corrected chi connectivity index (χ0v) is 16.3. The highest BCUT2D eigenvalue weighted by molar-refractivity contribution is 7.91. The minimum atomic E-state index is -3.79. The molecule has 0 fully saturated rings. The van der Waals surface area contributed by atoms with Crippen LogP contribution in [0.25, 0.3) is 0 Å². The molecule has 2 aromatic rings. The van der Waals surface area contributed by atoms with Crippen LogP contribution in [0.4, 0.5) is 0 Å². The first-order valence-electron chi connectivity index (χ1n) is 7.37. The maximum Gasteiger partial charge on any atom is 0.250 e. The number of hydrogen-bond acceptors (Lipinski definition) is 6. The molecule has 0 saturated carbocycles. The Morgan fingerprint density at radius 1 is 1.31 bits per heavy atom. The Morgan fingerprint density at radius 2 is 2.00 bits per heavy atom. The van der Waals surface area contributed by atoms with Gasteiger partial charge in [-0.2, -0.15) is 0 Å². The molecule has 0 aliphatic heterocycles. The lowest BCUT2D eigenvalue weighted by Gasteiger charge is -2.14. The van der Waals surface area contributed by atoms with Crippen LogP contribution in [-0.4, -0.2) is 32.2 Å². The van der Waals surface area contributed by atoms with E-state index in [-0.39, 0.29) is 39.5 Å². The third kappa shape index (κ3) is 4.20. The highest BCUT2D eigenvalue weighted by Gasteiger charge is 2.26. The molecule has 0 saturated heterocycles. The summed E-state index contributed by atoms with van der Waals surface area (Å²) in [6, 6.07) is 4.25. The average Bonchev–Trinajstić information content (AvgIpc) is 2.60. The SMILES string of the molecule is CCS(=O)(=O)c1c(C(N)=O)ccc(OCc2cnc(OC)c(Cl)c2)c1Cl. The van der Waals surface area contributed by atoms with Crippen molar-refractivity contribution < 1.29 is 22.7 Å². The summed E-state index contributed by atoms with van der Waals surface area (Å²) in [6.45, 7) is 1.47. The van der Waals surface area contributed by atoms with E-state index in [9.17, 15) is 13.2 Å². The predicted octanol–water partition coefficient (Wildman–Crippen LogP) is 2.87. The Hall–Kier alpha value is -2.03. The normalized spacial score (nSPS) is 11.2. The summed E-state index contributed by atoms with van der Waals surface area (Å²) in [5.74, 6) is -0.767. The Kier molecular flexibility index (Phi) is 6.33. The number of rotatable bonds is 7. The quantitative estimate of drug-likeness (QED) is 0.739. The molecule has 0 aliphatic rings. The zero-order chi connectivity index (χ0) is 19.5. The Morgan fingerprint density at radius 3 is 2.54 bits per heavy atom. The van der Waals surface area contributed by atoms with Crippen molar-refractivity contribution >= 4 is 38.9 Å². The topological polar surface area (TPSA) is 109 Å². The van der Waals surface area contributed by atoms with Crippen molar-refractivity contribution in [3.63, 3.8) is 0 Å². The number of primary amides is 1.